The Bertz CT molecular complexity index is 1300. The molecule has 0 spiro atoms. The number of ether oxygens (including phenoxy) is 1. The maximum atomic E-state index is 13.8. The number of aliphatic hydroxyl groups is 1. The predicted molar refractivity (Wildman–Crippen MR) is 170 cm³/mol. The molecule has 1 aromatic carbocycles. The summed E-state index contributed by atoms with van der Waals surface area (Å²) < 4.78 is 5.20. The largest absolute Gasteiger partial charge is 0.444 e. The van der Waals surface area contributed by atoms with E-state index in [4.69, 9.17) is 4.74 Å². The first-order valence-corrected chi connectivity index (χ1v) is 15.9. The monoisotopic (exact) mass is 629 g/mol. The zero-order valence-electron chi connectivity index (χ0n) is 26.9. The van der Waals surface area contributed by atoms with Gasteiger partial charge >= 0.3 is 6.09 Å². The SMILES string of the molecule is Cc1ncsc1-c1ccc(CNC(=O)[C@@H]2CC(O)CN2C(=O)[C@@H](NC(=O)CCCCNC(=O)OC(C)(C)C)C(C)(C)C)cc1. The van der Waals surface area contributed by atoms with E-state index in [-0.39, 0.29) is 37.7 Å². The summed E-state index contributed by atoms with van der Waals surface area (Å²) in [6.07, 6.45) is 0.0114. The number of nitrogens with zero attached hydrogens (tertiary/aromatic N) is 2. The molecule has 0 bridgehead atoms. The first kappa shape index (κ1) is 35.0. The van der Waals surface area contributed by atoms with Crippen LogP contribution in [0.2, 0.25) is 0 Å². The molecule has 44 heavy (non-hydrogen) atoms. The van der Waals surface area contributed by atoms with Crippen LogP contribution in [0.3, 0.4) is 0 Å². The van der Waals surface area contributed by atoms with E-state index in [0.29, 0.717) is 19.4 Å². The molecule has 11 nitrogen and oxygen atoms in total. The number of thiazole rings is 1. The first-order valence-electron chi connectivity index (χ1n) is 15.1. The Balaban J connectivity index is 1.54. The van der Waals surface area contributed by atoms with Crippen molar-refractivity contribution in [3.63, 3.8) is 0 Å². The Morgan fingerprint density at radius 2 is 1.75 bits per heavy atom. The van der Waals surface area contributed by atoms with Crippen molar-refractivity contribution in [2.45, 2.75) is 104 Å². The van der Waals surface area contributed by atoms with Gasteiger partial charge in [0.1, 0.15) is 17.7 Å². The van der Waals surface area contributed by atoms with Crippen LogP contribution in [0.1, 0.15) is 78.5 Å². The van der Waals surface area contributed by atoms with Gasteiger partial charge in [-0.3, -0.25) is 14.4 Å². The molecule has 1 aromatic heterocycles. The number of carbonyl (C=O) groups is 4. The number of alkyl carbamates (subject to hydrolysis) is 1. The summed E-state index contributed by atoms with van der Waals surface area (Å²) in [4.78, 5) is 58.4. The number of aromatic nitrogens is 1. The molecule has 0 radical (unpaired) electrons. The zero-order valence-corrected chi connectivity index (χ0v) is 27.7. The second-order valence-corrected chi connectivity index (χ2v) is 14.2. The summed E-state index contributed by atoms with van der Waals surface area (Å²) in [6.45, 7) is 13.5. The van der Waals surface area contributed by atoms with Gasteiger partial charge in [-0.2, -0.15) is 0 Å². The lowest BCUT2D eigenvalue weighted by Crippen LogP contribution is -2.57. The summed E-state index contributed by atoms with van der Waals surface area (Å²) in [5, 5.41) is 18.9. The highest BCUT2D eigenvalue weighted by Gasteiger charge is 2.44. The minimum Gasteiger partial charge on any atom is -0.444 e. The van der Waals surface area contributed by atoms with Crippen LogP contribution >= 0.6 is 11.3 Å². The van der Waals surface area contributed by atoms with Crippen LogP contribution in [0.15, 0.2) is 29.8 Å². The lowest BCUT2D eigenvalue weighted by molar-refractivity contribution is -0.144. The molecule has 12 heteroatoms. The van der Waals surface area contributed by atoms with Crippen LogP contribution in [0.25, 0.3) is 10.4 Å². The molecule has 2 aromatic rings. The van der Waals surface area contributed by atoms with E-state index in [9.17, 15) is 24.3 Å². The predicted octanol–water partition coefficient (Wildman–Crippen LogP) is 3.92. The number of carbonyl (C=O) groups excluding carboxylic acids is 4. The molecule has 4 amide bonds. The van der Waals surface area contributed by atoms with Gasteiger partial charge in [-0.15, -0.1) is 11.3 Å². The summed E-state index contributed by atoms with van der Waals surface area (Å²) in [7, 11) is 0. The van der Waals surface area contributed by atoms with E-state index in [0.717, 1.165) is 21.7 Å². The number of aliphatic hydroxyl groups excluding tert-OH is 1. The number of likely N-dealkylation sites (tertiary alicyclic amines) is 1. The van der Waals surface area contributed by atoms with Crippen LogP contribution in [0.4, 0.5) is 4.79 Å². The van der Waals surface area contributed by atoms with E-state index >= 15 is 0 Å². The maximum absolute atomic E-state index is 13.8. The quantitative estimate of drug-likeness (QED) is 0.275. The molecule has 242 valence electrons. The standard InChI is InChI=1S/C32H47N5O6S/c1-20-26(44-19-35-20)22-13-11-21(12-14-22)17-34-28(40)24-16-23(38)18-37(24)29(41)27(31(2,3)4)36-25(39)10-8-9-15-33-30(42)43-32(5,6)7/h11-14,19,23-24,27,38H,8-10,15-18H2,1-7H3,(H,33,42)(H,34,40)(H,36,39)/t23?,24-,27+/m0/s1. The average molecular weight is 630 g/mol. The molecule has 1 saturated heterocycles. The van der Waals surface area contributed by atoms with Crippen LogP contribution in [0, 0.1) is 12.3 Å². The summed E-state index contributed by atoms with van der Waals surface area (Å²) in [5.41, 5.74) is 3.52. The second-order valence-electron chi connectivity index (χ2n) is 13.3. The van der Waals surface area contributed by atoms with E-state index in [1.165, 1.54) is 4.90 Å². The molecule has 1 fully saturated rings. The van der Waals surface area contributed by atoms with E-state index in [1.807, 2.05) is 57.5 Å². The van der Waals surface area contributed by atoms with Crippen molar-refractivity contribution in [3.8, 4) is 10.4 Å². The van der Waals surface area contributed by atoms with Gasteiger partial charge in [0.05, 0.1) is 22.2 Å². The molecule has 4 N–H and O–H groups in total. The van der Waals surface area contributed by atoms with Crippen molar-refractivity contribution in [1.82, 2.24) is 25.8 Å². The molecule has 1 aliphatic heterocycles. The fourth-order valence-electron chi connectivity index (χ4n) is 4.93. The van der Waals surface area contributed by atoms with Crippen molar-refractivity contribution in [1.29, 1.82) is 0 Å². The highest BCUT2D eigenvalue weighted by atomic mass is 32.1. The topological polar surface area (TPSA) is 150 Å². The fraction of sp³-hybridized carbons (Fsp3) is 0.594. The summed E-state index contributed by atoms with van der Waals surface area (Å²) in [5.74, 6) is -1.06. The molecular weight excluding hydrogens is 582 g/mol. The van der Waals surface area contributed by atoms with Gasteiger partial charge in [0.25, 0.3) is 0 Å². The van der Waals surface area contributed by atoms with E-state index < -0.39 is 41.2 Å². The molecule has 0 aliphatic carbocycles. The lowest BCUT2D eigenvalue weighted by Gasteiger charge is -2.35. The molecule has 1 unspecified atom stereocenters. The smallest absolute Gasteiger partial charge is 0.407 e. The Kier molecular flexibility index (Phi) is 11.9. The van der Waals surface area contributed by atoms with Crippen molar-refractivity contribution in [2.75, 3.05) is 13.1 Å². The van der Waals surface area contributed by atoms with Gasteiger partial charge in [0.15, 0.2) is 0 Å². The third kappa shape index (κ3) is 10.3. The molecular formula is C32H47N5O6S. The number of amides is 4. The van der Waals surface area contributed by atoms with Gasteiger partial charge in [0, 0.05) is 32.5 Å². The minimum absolute atomic E-state index is 0.0125. The lowest BCUT2D eigenvalue weighted by atomic mass is 9.85. The average Bonchev–Trinajstić information content (AvgIpc) is 3.53. The van der Waals surface area contributed by atoms with Crippen LogP contribution in [-0.4, -0.2) is 75.7 Å². The Hall–Kier alpha value is -3.51. The normalized spacial score (nSPS) is 17.6. The Morgan fingerprint density at radius 1 is 1.07 bits per heavy atom. The molecule has 1 aliphatic rings. The van der Waals surface area contributed by atoms with Crippen LogP contribution in [-0.2, 0) is 25.7 Å². The minimum atomic E-state index is -0.891. The Labute approximate surface area is 264 Å². The number of hydrogen-bond donors (Lipinski definition) is 4. The fourth-order valence-corrected chi connectivity index (χ4v) is 5.74. The van der Waals surface area contributed by atoms with Crippen molar-refractivity contribution in [2.24, 2.45) is 5.41 Å². The molecule has 3 rings (SSSR count). The number of hydrogen-bond acceptors (Lipinski definition) is 8. The summed E-state index contributed by atoms with van der Waals surface area (Å²) >= 11 is 1.58. The zero-order chi connectivity index (χ0) is 32.7. The molecule has 2 heterocycles. The van der Waals surface area contributed by atoms with Gasteiger partial charge in [-0.25, -0.2) is 9.78 Å². The number of benzene rings is 1. The van der Waals surface area contributed by atoms with Crippen molar-refractivity contribution >= 4 is 35.2 Å². The van der Waals surface area contributed by atoms with Crippen LogP contribution < -0.4 is 16.0 Å². The van der Waals surface area contributed by atoms with Gasteiger partial charge < -0.3 is 30.7 Å². The third-order valence-corrected chi connectivity index (χ3v) is 8.19. The van der Waals surface area contributed by atoms with E-state index in [1.54, 1.807) is 32.1 Å². The highest BCUT2D eigenvalue weighted by Crippen LogP contribution is 2.28. The summed E-state index contributed by atoms with van der Waals surface area (Å²) in [6, 6.07) is 6.13. The Morgan fingerprint density at radius 3 is 2.34 bits per heavy atom. The molecule has 3 atom stereocenters. The maximum Gasteiger partial charge on any atom is 0.407 e. The number of rotatable bonds is 11. The third-order valence-electron chi connectivity index (χ3n) is 7.21. The second kappa shape index (κ2) is 15.0. The van der Waals surface area contributed by atoms with E-state index in [2.05, 4.69) is 20.9 Å². The van der Waals surface area contributed by atoms with Gasteiger partial charge in [-0.1, -0.05) is 45.0 Å². The number of unbranched alkanes of at least 4 members (excludes halogenated alkanes) is 1. The van der Waals surface area contributed by atoms with Gasteiger partial charge in [-0.05, 0) is 57.1 Å². The first-order chi connectivity index (χ1) is 20.5. The highest BCUT2D eigenvalue weighted by molar-refractivity contribution is 7.13. The van der Waals surface area contributed by atoms with Crippen molar-refractivity contribution in [3.05, 3.63) is 41.0 Å². The number of nitrogens with one attached hydrogen (secondary N) is 3. The number of β-amino-alcohol motifs (C(OH)–C–C–N with tert-alkyl or cyclic N) is 1. The number of aryl methyl sites for hydroxylation is 1. The van der Waals surface area contributed by atoms with Gasteiger partial charge in [0.2, 0.25) is 17.7 Å². The van der Waals surface area contributed by atoms with Crippen molar-refractivity contribution < 1.29 is 29.0 Å². The molecule has 0 saturated carbocycles. The van der Waals surface area contributed by atoms with Crippen LogP contribution in [0.5, 0.6) is 0 Å².